The van der Waals surface area contributed by atoms with Crippen LogP contribution < -0.4 is 5.32 Å². The van der Waals surface area contributed by atoms with Crippen molar-refractivity contribution >= 4 is 18.2 Å². The second-order valence-corrected chi connectivity index (χ2v) is 3.50. The summed E-state index contributed by atoms with van der Waals surface area (Å²) >= 11 is 0. The summed E-state index contributed by atoms with van der Waals surface area (Å²) in [5.74, 6) is 0.794. The van der Waals surface area contributed by atoms with Crippen molar-refractivity contribution in [3.63, 3.8) is 0 Å². The molecule has 0 bridgehead atoms. The van der Waals surface area contributed by atoms with Gasteiger partial charge in [0, 0.05) is 13.0 Å². The molecule has 0 spiro atoms. The van der Waals surface area contributed by atoms with Gasteiger partial charge >= 0.3 is 0 Å². The van der Waals surface area contributed by atoms with Crippen LogP contribution in [0.1, 0.15) is 11.1 Å². The normalized spacial score (nSPS) is 14.1. The molecule has 0 amide bonds. The Morgan fingerprint density at radius 1 is 1.47 bits per heavy atom. The summed E-state index contributed by atoms with van der Waals surface area (Å²) in [5.41, 5.74) is 2.13. The summed E-state index contributed by atoms with van der Waals surface area (Å²) in [6.45, 7) is 3.73. The molecular weight excluding hydrogens is 215 g/mol. The third-order valence-electron chi connectivity index (χ3n) is 2.41. The van der Waals surface area contributed by atoms with Crippen molar-refractivity contribution in [3.05, 3.63) is 35.1 Å². The molecule has 4 heteroatoms. The van der Waals surface area contributed by atoms with E-state index >= 15 is 0 Å². The van der Waals surface area contributed by atoms with Gasteiger partial charge in [0.15, 0.2) is 0 Å². The van der Waals surface area contributed by atoms with Crippen molar-refractivity contribution in [2.24, 2.45) is 4.99 Å². The molecule has 0 saturated carbocycles. The van der Waals surface area contributed by atoms with Crippen molar-refractivity contribution in [2.75, 3.05) is 13.1 Å². The van der Waals surface area contributed by atoms with Crippen LogP contribution in [-0.2, 0) is 6.42 Å². The Bertz CT molecular complexity index is 377. The summed E-state index contributed by atoms with van der Waals surface area (Å²) in [5, 5.41) is 3.18. The first-order valence-electron chi connectivity index (χ1n) is 4.78. The number of hydrogen-bond acceptors (Lipinski definition) is 2. The lowest BCUT2D eigenvalue weighted by Crippen LogP contribution is -2.20. The average molecular weight is 229 g/mol. The van der Waals surface area contributed by atoms with E-state index in [9.17, 15) is 4.39 Å². The molecule has 0 fully saturated rings. The van der Waals surface area contributed by atoms with Crippen LogP contribution in [0.5, 0.6) is 0 Å². The van der Waals surface area contributed by atoms with Crippen LogP contribution in [0, 0.1) is 12.7 Å². The predicted octanol–water partition coefficient (Wildman–Crippen LogP) is 2.10. The van der Waals surface area contributed by atoms with Crippen LogP contribution in [0.15, 0.2) is 23.2 Å². The van der Waals surface area contributed by atoms with Gasteiger partial charge in [-0.15, -0.1) is 12.4 Å². The Hall–Kier alpha value is -1.09. The van der Waals surface area contributed by atoms with Gasteiger partial charge in [-0.05, 0) is 30.2 Å². The van der Waals surface area contributed by atoms with Crippen LogP contribution in [0.2, 0.25) is 0 Å². The molecule has 0 radical (unpaired) electrons. The van der Waals surface area contributed by atoms with Gasteiger partial charge in [0.25, 0.3) is 0 Å². The van der Waals surface area contributed by atoms with Gasteiger partial charge < -0.3 is 5.32 Å². The fraction of sp³-hybridized carbons (Fsp3) is 0.364. The van der Waals surface area contributed by atoms with Crippen LogP contribution in [0.25, 0.3) is 0 Å². The molecule has 2 nitrogen and oxygen atoms in total. The topological polar surface area (TPSA) is 24.4 Å². The van der Waals surface area contributed by atoms with Crippen LogP contribution in [0.3, 0.4) is 0 Å². The van der Waals surface area contributed by atoms with Crippen molar-refractivity contribution in [1.29, 1.82) is 0 Å². The largest absolute Gasteiger partial charge is 0.372 e. The number of rotatable bonds is 2. The molecule has 0 aromatic heterocycles. The summed E-state index contributed by atoms with van der Waals surface area (Å²) in [4.78, 5) is 4.28. The van der Waals surface area contributed by atoms with E-state index in [1.165, 1.54) is 6.07 Å². The monoisotopic (exact) mass is 228 g/mol. The van der Waals surface area contributed by atoms with Crippen molar-refractivity contribution in [3.8, 4) is 0 Å². The Morgan fingerprint density at radius 2 is 2.27 bits per heavy atom. The molecule has 0 saturated heterocycles. The van der Waals surface area contributed by atoms with Crippen molar-refractivity contribution < 1.29 is 4.39 Å². The zero-order valence-corrected chi connectivity index (χ0v) is 9.40. The minimum atomic E-state index is -0.177. The Kier molecular flexibility index (Phi) is 4.09. The maximum absolute atomic E-state index is 13.0. The molecule has 1 aromatic carbocycles. The fourth-order valence-electron chi connectivity index (χ4n) is 1.58. The summed E-state index contributed by atoms with van der Waals surface area (Å²) in [6, 6.07) is 4.88. The lowest BCUT2D eigenvalue weighted by atomic mass is 10.1. The molecule has 2 rings (SSSR count). The average Bonchev–Trinajstić information content (AvgIpc) is 2.64. The van der Waals surface area contributed by atoms with Gasteiger partial charge in [-0.3, -0.25) is 4.99 Å². The number of benzene rings is 1. The first-order valence-corrected chi connectivity index (χ1v) is 4.78. The zero-order chi connectivity index (χ0) is 9.97. The molecule has 1 aromatic rings. The van der Waals surface area contributed by atoms with E-state index in [0.717, 1.165) is 30.1 Å². The number of aryl methyl sites for hydroxylation is 1. The zero-order valence-electron chi connectivity index (χ0n) is 8.59. The molecule has 1 N–H and O–H groups in total. The van der Waals surface area contributed by atoms with Crippen molar-refractivity contribution in [1.82, 2.24) is 5.32 Å². The van der Waals surface area contributed by atoms with E-state index in [0.29, 0.717) is 6.42 Å². The smallest absolute Gasteiger partial charge is 0.123 e. The standard InChI is InChI=1S/C11H13FN2.ClH/c1-8-2-3-10(12)6-9(8)7-11-13-4-5-14-11;/h2-3,6H,4-5,7H2,1H3,(H,13,14);1H. The van der Waals surface area contributed by atoms with Gasteiger partial charge in [-0.2, -0.15) is 0 Å². The molecule has 82 valence electrons. The molecule has 0 atom stereocenters. The van der Waals surface area contributed by atoms with E-state index in [4.69, 9.17) is 0 Å². The number of hydrogen-bond donors (Lipinski definition) is 1. The maximum atomic E-state index is 13.0. The number of amidine groups is 1. The van der Waals surface area contributed by atoms with E-state index in [-0.39, 0.29) is 18.2 Å². The third-order valence-corrected chi connectivity index (χ3v) is 2.41. The second-order valence-electron chi connectivity index (χ2n) is 3.50. The number of aliphatic imine (C=N–C) groups is 1. The molecule has 1 aliphatic rings. The lowest BCUT2D eigenvalue weighted by molar-refractivity contribution is 0.625. The number of nitrogens with one attached hydrogen (secondary N) is 1. The predicted molar refractivity (Wildman–Crippen MR) is 62.4 cm³/mol. The van der Waals surface area contributed by atoms with E-state index in [2.05, 4.69) is 10.3 Å². The molecule has 1 aliphatic heterocycles. The minimum Gasteiger partial charge on any atom is -0.372 e. The van der Waals surface area contributed by atoms with Crippen LogP contribution in [-0.4, -0.2) is 18.9 Å². The van der Waals surface area contributed by atoms with Crippen molar-refractivity contribution in [2.45, 2.75) is 13.3 Å². The summed E-state index contributed by atoms with van der Waals surface area (Å²) in [6.07, 6.45) is 0.712. The van der Waals surface area contributed by atoms with E-state index in [1.54, 1.807) is 12.1 Å². The summed E-state index contributed by atoms with van der Waals surface area (Å²) < 4.78 is 13.0. The van der Waals surface area contributed by atoms with E-state index in [1.807, 2.05) is 6.92 Å². The minimum absolute atomic E-state index is 0. The fourth-order valence-corrected chi connectivity index (χ4v) is 1.58. The molecule has 1 heterocycles. The Labute approximate surface area is 95.0 Å². The molecule has 0 unspecified atom stereocenters. The van der Waals surface area contributed by atoms with Gasteiger partial charge in [0.05, 0.1) is 6.54 Å². The highest BCUT2D eigenvalue weighted by atomic mass is 35.5. The lowest BCUT2D eigenvalue weighted by Gasteiger charge is -2.06. The quantitative estimate of drug-likeness (QED) is 0.824. The number of nitrogens with zero attached hydrogens (tertiary/aromatic N) is 1. The second kappa shape index (κ2) is 5.12. The highest BCUT2D eigenvalue weighted by Gasteiger charge is 2.08. The van der Waals surface area contributed by atoms with Crippen LogP contribution in [0.4, 0.5) is 4.39 Å². The Balaban J connectivity index is 0.00000112. The number of halogens is 2. The maximum Gasteiger partial charge on any atom is 0.123 e. The van der Waals surface area contributed by atoms with Crippen LogP contribution >= 0.6 is 12.4 Å². The third kappa shape index (κ3) is 2.93. The highest BCUT2D eigenvalue weighted by molar-refractivity contribution is 5.86. The van der Waals surface area contributed by atoms with Gasteiger partial charge in [-0.1, -0.05) is 6.07 Å². The molecule has 0 aliphatic carbocycles. The van der Waals surface area contributed by atoms with Gasteiger partial charge in [0.2, 0.25) is 0 Å². The Morgan fingerprint density at radius 3 is 2.93 bits per heavy atom. The molecule has 15 heavy (non-hydrogen) atoms. The molecular formula is C11H14ClFN2. The first kappa shape index (κ1) is 12.0. The van der Waals surface area contributed by atoms with Gasteiger partial charge in [-0.25, -0.2) is 4.39 Å². The van der Waals surface area contributed by atoms with Gasteiger partial charge in [0.1, 0.15) is 11.7 Å². The summed E-state index contributed by atoms with van der Waals surface area (Å²) in [7, 11) is 0. The highest BCUT2D eigenvalue weighted by Crippen LogP contribution is 2.11. The first-order chi connectivity index (χ1) is 6.75. The SMILES string of the molecule is Cc1ccc(F)cc1CC1=NCCN1.Cl. The van der Waals surface area contributed by atoms with E-state index < -0.39 is 0 Å².